The van der Waals surface area contributed by atoms with E-state index in [-0.39, 0.29) is 11.9 Å². The molecule has 4 heteroatoms. The van der Waals surface area contributed by atoms with Crippen LogP contribution in [-0.2, 0) is 0 Å². The van der Waals surface area contributed by atoms with Crippen LogP contribution in [0.2, 0.25) is 0 Å². The molecule has 0 spiro atoms. The number of nitrogens with one attached hydrogen (secondary N) is 1. The molecule has 0 radical (unpaired) electrons. The standard InChI is InChI=1S/C15H17BrFNS/c1-4-18-14(13-8-10(3)15(16)19-13)11-6-5-9(2)7-12(11)17/h5-8,14,18H,4H2,1-3H3. The van der Waals surface area contributed by atoms with Gasteiger partial charge in [-0.3, -0.25) is 0 Å². The number of rotatable bonds is 4. The highest BCUT2D eigenvalue weighted by molar-refractivity contribution is 9.11. The van der Waals surface area contributed by atoms with Crippen molar-refractivity contribution in [2.24, 2.45) is 0 Å². The first kappa shape index (κ1) is 14.7. The molecule has 0 aliphatic heterocycles. The fraction of sp³-hybridized carbons (Fsp3) is 0.333. The third kappa shape index (κ3) is 3.25. The molecule has 0 saturated heterocycles. The van der Waals surface area contributed by atoms with Crippen LogP contribution in [0.25, 0.3) is 0 Å². The third-order valence-electron chi connectivity index (χ3n) is 3.04. The van der Waals surface area contributed by atoms with E-state index in [0.717, 1.165) is 20.8 Å². The van der Waals surface area contributed by atoms with E-state index in [1.165, 1.54) is 5.56 Å². The molecule has 0 aliphatic rings. The molecule has 2 rings (SSSR count). The molecule has 0 amide bonds. The molecule has 1 N–H and O–H groups in total. The molecule has 1 nitrogen and oxygen atoms in total. The number of halogens is 2. The second-order valence-corrected chi connectivity index (χ2v) is 7.02. The molecule has 1 aromatic carbocycles. The fourth-order valence-corrected chi connectivity index (χ4v) is 3.73. The van der Waals surface area contributed by atoms with E-state index in [1.807, 2.05) is 26.0 Å². The highest BCUT2D eigenvalue weighted by Gasteiger charge is 2.19. The van der Waals surface area contributed by atoms with Crippen LogP contribution in [0.3, 0.4) is 0 Å². The van der Waals surface area contributed by atoms with Crippen molar-refractivity contribution in [2.75, 3.05) is 6.54 Å². The fourth-order valence-electron chi connectivity index (χ4n) is 2.06. The van der Waals surface area contributed by atoms with E-state index in [0.29, 0.717) is 5.56 Å². The van der Waals surface area contributed by atoms with E-state index >= 15 is 0 Å². The summed E-state index contributed by atoms with van der Waals surface area (Å²) in [4.78, 5) is 1.13. The minimum atomic E-state index is -0.145. The number of hydrogen-bond acceptors (Lipinski definition) is 2. The molecule has 0 aliphatic carbocycles. The summed E-state index contributed by atoms with van der Waals surface area (Å²) in [5.74, 6) is -0.145. The van der Waals surface area contributed by atoms with Crippen LogP contribution in [0, 0.1) is 19.7 Å². The van der Waals surface area contributed by atoms with Gasteiger partial charge in [-0.25, -0.2) is 4.39 Å². The lowest BCUT2D eigenvalue weighted by atomic mass is 10.0. The van der Waals surface area contributed by atoms with Crippen molar-refractivity contribution in [1.82, 2.24) is 5.32 Å². The summed E-state index contributed by atoms with van der Waals surface area (Å²) >= 11 is 5.19. The minimum absolute atomic E-state index is 0.0828. The Morgan fingerprint density at radius 3 is 2.58 bits per heavy atom. The molecule has 102 valence electrons. The van der Waals surface area contributed by atoms with E-state index in [1.54, 1.807) is 17.4 Å². The molecular weight excluding hydrogens is 325 g/mol. The Kier molecular flexibility index (Phi) is 4.76. The second-order valence-electron chi connectivity index (χ2n) is 4.62. The van der Waals surface area contributed by atoms with Gasteiger partial charge in [-0.2, -0.15) is 0 Å². The van der Waals surface area contributed by atoms with Gasteiger partial charge in [0.15, 0.2) is 0 Å². The number of hydrogen-bond donors (Lipinski definition) is 1. The second kappa shape index (κ2) is 6.16. The summed E-state index contributed by atoms with van der Waals surface area (Å²) in [5.41, 5.74) is 2.84. The first-order valence-corrected chi connectivity index (χ1v) is 7.89. The first-order chi connectivity index (χ1) is 9.02. The summed E-state index contributed by atoms with van der Waals surface area (Å²) < 4.78 is 15.3. The van der Waals surface area contributed by atoms with E-state index in [9.17, 15) is 4.39 Å². The Hall–Kier alpha value is -0.710. The van der Waals surface area contributed by atoms with Crippen LogP contribution in [0.5, 0.6) is 0 Å². The molecule has 0 bridgehead atoms. The van der Waals surface area contributed by atoms with Gasteiger partial charge in [0, 0.05) is 10.4 Å². The quantitative estimate of drug-likeness (QED) is 0.828. The van der Waals surface area contributed by atoms with Crippen molar-refractivity contribution in [3.63, 3.8) is 0 Å². The molecule has 0 fully saturated rings. The highest BCUT2D eigenvalue weighted by atomic mass is 79.9. The van der Waals surface area contributed by atoms with E-state index < -0.39 is 0 Å². The maximum absolute atomic E-state index is 14.2. The van der Waals surface area contributed by atoms with Gasteiger partial charge in [-0.05, 0) is 59.6 Å². The van der Waals surface area contributed by atoms with Crippen LogP contribution in [0.4, 0.5) is 4.39 Å². The maximum atomic E-state index is 14.2. The first-order valence-electron chi connectivity index (χ1n) is 6.28. The van der Waals surface area contributed by atoms with Gasteiger partial charge in [0.1, 0.15) is 5.82 Å². The largest absolute Gasteiger partial charge is 0.306 e. The smallest absolute Gasteiger partial charge is 0.128 e. The van der Waals surface area contributed by atoms with E-state index in [4.69, 9.17) is 0 Å². The molecule has 19 heavy (non-hydrogen) atoms. The zero-order valence-electron chi connectivity index (χ0n) is 11.3. The summed E-state index contributed by atoms with van der Waals surface area (Å²) in [7, 11) is 0. The van der Waals surface area contributed by atoms with Crippen molar-refractivity contribution >= 4 is 27.3 Å². The van der Waals surface area contributed by atoms with Crippen molar-refractivity contribution in [2.45, 2.75) is 26.8 Å². The SMILES string of the molecule is CCNC(c1cc(C)c(Br)s1)c1ccc(C)cc1F. The van der Waals surface area contributed by atoms with Crippen LogP contribution in [-0.4, -0.2) is 6.54 Å². The highest BCUT2D eigenvalue weighted by Crippen LogP contribution is 2.35. The molecule has 1 heterocycles. The topological polar surface area (TPSA) is 12.0 Å². The van der Waals surface area contributed by atoms with Gasteiger partial charge in [-0.15, -0.1) is 11.3 Å². The van der Waals surface area contributed by atoms with Crippen molar-refractivity contribution in [3.8, 4) is 0 Å². The van der Waals surface area contributed by atoms with Gasteiger partial charge in [0.25, 0.3) is 0 Å². The van der Waals surface area contributed by atoms with Crippen molar-refractivity contribution < 1.29 is 4.39 Å². The van der Waals surface area contributed by atoms with Gasteiger partial charge in [-0.1, -0.05) is 19.1 Å². The zero-order valence-corrected chi connectivity index (χ0v) is 13.7. The Balaban J connectivity index is 2.44. The average molecular weight is 342 g/mol. The molecule has 1 atom stereocenters. The number of thiophene rings is 1. The predicted molar refractivity (Wildman–Crippen MR) is 83.4 cm³/mol. The Labute approximate surface area is 126 Å². The monoisotopic (exact) mass is 341 g/mol. The number of benzene rings is 1. The van der Waals surface area contributed by atoms with Gasteiger partial charge in [0.05, 0.1) is 9.83 Å². The summed E-state index contributed by atoms with van der Waals surface area (Å²) in [6.45, 7) is 6.79. The van der Waals surface area contributed by atoms with Crippen LogP contribution >= 0.6 is 27.3 Å². The van der Waals surface area contributed by atoms with Crippen LogP contribution in [0.1, 0.15) is 34.5 Å². The van der Waals surface area contributed by atoms with Gasteiger partial charge < -0.3 is 5.32 Å². The lowest BCUT2D eigenvalue weighted by Gasteiger charge is -2.18. The summed E-state index contributed by atoms with van der Waals surface area (Å²) in [6.07, 6.45) is 0. The summed E-state index contributed by atoms with van der Waals surface area (Å²) in [5, 5.41) is 3.37. The van der Waals surface area contributed by atoms with Gasteiger partial charge in [0.2, 0.25) is 0 Å². The van der Waals surface area contributed by atoms with E-state index in [2.05, 4.69) is 34.2 Å². The van der Waals surface area contributed by atoms with Crippen molar-refractivity contribution in [1.29, 1.82) is 0 Å². The Bertz CT molecular complexity index is 560. The van der Waals surface area contributed by atoms with Crippen molar-refractivity contribution in [3.05, 3.63) is 55.4 Å². The minimum Gasteiger partial charge on any atom is -0.306 e. The van der Waals surface area contributed by atoms with Crippen LogP contribution in [0.15, 0.2) is 28.1 Å². The zero-order chi connectivity index (χ0) is 14.0. The Morgan fingerprint density at radius 2 is 2.05 bits per heavy atom. The molecular formula is C15H17BrFNS. The molecule has 0 saturated carbocycles. The normalized spacial score (nSPS) is 12.7. The van der Waals surface area contributed by atoms with Crippen LogP contribution < -0.4 is 5.32 Å². The predicted octanol–water partition coefficient (Wildman–Crippen LogP) is 4.97. The molecule has 1 aromatic heterocycles. The Morgan fingerprint density at radius 1 is 1.32 bits per heavy atom. The lowest BCUT2D eigenvalue weighted by Crippen LogP contribution is -2.22. The summed E-state index contributed by atoms with van der Waals surface area (Å²) in [6, 6.07) is 7.45. The number of aryl methyl sites for hydroxylation is 2. The molecule has 2 aromatic rings. The van der Waals surface area contributed by atoms with Gasteiger partial charge >= 0.3 is 0 Å². The lowest BCUT2D eigenvalue weighted by molar-refractivity contribution is 0.562. The third-order valence-corrected chi connectivity index (χ3v) is 5.24. The average Bonchev–Trinajstić information content (AvgIpc) is 2.67. The molecule has 1 unspecified atom stereocenters. The maximum Gasteiger partial charge on any atom is 0.128 e.